The Morgan fingerprint density at radius 1 is 0.912 bits per heavy atom. The molecule has 1 fully saturated rings. The van der Waals surface area contributed by atoms with Crippen molar-refractivity contribution in [1.29, 1.82) is 0 Å². The minimum Gasteiger partial charge on any atom is -0.477 e. The van der Waals surface area contributed by atoms with Crippen molar-refractivity contribution in [3.05, 3.63) is 118 Å². The molecule has 34 heavy (non-hydrogen) atoms. The number of hydrogen-bond donors (Lipinski definition) is 2. The zero-order chi connectivity index (χ0) is 23.9. The molecule has 0 spiro atoms. The number of carboxylic acid groups (broad SMARTS) is 1. The average molecular weight is 472 g/mol. The zero-order valence-electron chi connectivity index (χ0n) is 18.7. The van der Waals surface area contributed by atoms with Crippen molar-refractivity contribution >= 4 is 23.6 Å². The largest absolute Gasteiger partial charge is 0.477 e. The molecule has 2 heterocycles. The Kier molecular flexibility index (Phi) is 5.80. The van der Waals surface area contributed by atoms with Crippen LogP contribution >= 0.6 is 11.8 Å². The molecular weight excluding hydrogens is 446 g/mol. The second kappa shape index (κ2) is 8.78. The molecule has 3 aromatic rings. The molecule has 3 atom stereocenters. The highest BCUT2D eigenvalue weighted by Crippen LogP contribution is 2.57. The van der Waals surface area contributed by atoms with E-state index >= 15 is 0 Å². The lowest BCUT2D eigenvalue weighted by Gasteiger charge is -2.44. The minimum absolute atomic E-state index is 0.0315. The number of hydrogen-bond acceptors (Lipinski definition) is 4. The summed E-state index contributed by atoms with van der Waals surface area (Å²) in [5.41, 5.74) is 3.08. The van der Waals surface area contributed by atoms with Gasteiger partial charge in [0.05, 0.1) is 22.8 Å². The van der Waals surface area contributed by atoms with Crippen LogP contribution in [0, 0.1) is 5.92 Å². The van der Waals surface area contributed by atoms with Gasteiger partial charge in [-0.25, -0.2) is 4.79 Å². The summed E-state index contributed by atoms with van der Waals surface area (Å²) >= 11 is 1.48. The van der Waals surface area contributed by atoms with Gasteiger partial charge in [0.2, 0.25) is 5.91 Å². The molecule has 1 amide bonds. The smallest absolute Gasteiger partial charge is 0.353 e. The highest BCUT2D eigenvalue weighted by Gasteiger charge is 2.57. The van der Waals surface area contributed by atoms with E-state index in [0.29, 0.717) is 11.3 Å². The number of β-lactam (4-membered cyclic amide) rings is 1. The van der Waals surface area contributed by atoms with Crippen molar-refractivity contribution in [3.8, 4) is 0 Å². The predicted octanol–water partition coefficient (Wildman–Crippen LogP) is 4.62. The number of fused-ring (bicyclic) bond motifs is 1. The maximum atomic E-state index is 12.8. The van der Waals surface area contributed by atoms with E-state index in [1.165, 1.54) is 16.7 Å². The lowest BCUT2D eigenvalue weighted by molar-refractivity contribution is -0.161. The molecule has 0 aliphatic carbocycles. The van der Waals surface area contributed by atoms with E-state index in [4.69, 9.17) is 0 Å². The van der Waals surface area contributed by atoms with Crippen molar-refractivity contribution in [2.24, 2.45) is 5.92 Å². The molecule has 0 unspecified atom stereocenters. The molecule has 6 heteroatoms. The number of benzene rings is 3. The van der Waals surface area contributed by atoms with Crippen LogP contribution in [0.15, 0.2) is 102 Å². The van der Waals surface area contributed by atoms with E-state index in [-0.39, 0.29) is 17.6 Å². The number of aliphatic hydroxyl groups is 1. The Labute approximate surface area is 202 Å². The third-order valence-corrected chi connectivity index (χ3v) is 8.33. The maximum absolute atomic E-state index is 12.8. The van der Waals surface area contributed by atoms with Crippen LogP contribution in [-0.4, -0.2) is 39.1 Å². The Morgan fingerprint density at radius 2 is 1.35 bits per heavy atom. The molecule has 0 radical (unpaired) electrons. The van der Waals surface area contributed by atoms with Crippen LogP contribution in [0.5, 0.6) is 0 Å². The van der Waals surface area contributed by atoms with Crippen LogP contribution in [0.1, 0.15) is 30.0 Å². The van der Waals surface area contributed by atoms with E-state index in [9.17, 15) is 19.8 Å². The van der Waals surface area contributed by atoms with Gasteiger partial charge < -0.3 is 15.1 Å². The van der Waals surface area contributed by atoms with Crippen LogP contribution < -0.4 is 0 Å². The zero-order valence-corrected chi connectivity index (χ0v) is 19.5. The number of nitrogens with zero attached hydrogens (tertiary/aromatic N) is 1. The monoisotopic (exact) mass is 471 g/mol. The summed E-state index contributed by atoms with van der Waals surface area (Å²) in [6, 6.07) is 29.8. The van der Waals surface area contributed by atoms with Gasteiger partial charge in [-0.15, -0.1) is 11.8 Å². The van der Waals surface area contributed by atoms with Gasteiger partial charge in [0.1, 0.15) is 5.70 Å². The number of amides is 1. The molecule has 5 nitrogen and oxygen atoms in total. The number of aliphatic hydroxyl groups excluding tert-OH is 1. The number of aliphatic carboxylic acids is 1. The van der Waals surface area contributed by atoms with E-state index < -0.39 is 22.7 Å². The van der Waals surface area contributed by atoms with Crippen LogP contribution in [0.2, 0.25) is 0 Å². The molecule has 1 saturated heterocycles. The number of thioether (sulfide) groups is 1. The molecule has 2 N–H and O–H groups in total. The van der Waals surface area contributed by atoms with E-state index in [1.807, 2.05) is 54.6 Å². The maximum Gasteiger partial charge on any atom is 0.353 e. The van der Waals surface area contributed by atoms with Crippen LogP contribution in [0.4, 0.5) is 0 Å². The van der Waals surface area contributed by atoms with Gasteiger partial charge in [-0.05, 0) is 23.6 Å². The van der Waals surface area contributed by atoms with Crippen molar-refractivity contribution in [2.75, 3.05) is 0 Å². The Bertz CT molecular complexity index is 1140. The first-order chi connectivity index (χ1) is 16.4. The molecule has 5 rings (SSSR count). The molecule has 2 aliphatic heterocycles. The van der Waals surface area contributed by atoms with Gasteiger partial charge in [0, 0.05) is 11.3 Å². The highest BCUT2D eigenvalue weighted by molar-refractivity contribution is 8.04. The van der Waals surface area contributed by atoms with Crippen molar-refractivity contribution in [3.63, 3.8) is 0 Å². The molecule has 0 aromatic heterocycles. The van der Waals surface area contributed by atoms with Crippen LogP contribution in [-0.2, 0) is 14.3 Å². The number of carbonyl (C=O) groups excluding carboxylic acids is 1. The molecule has 3 aromatic carbocycles. The summed E-state index contributed by atoms with van der Waals surface area (Å²) in [4.78, 5) is 27.2. The van der Waals surface area contributed by atoms with Crippen LogP contribution in [0.3, 0.4) is 0 Å². The topological polar surface area (TPSA) is 77.8 Å². The Hall–Kier alpha value is -3.35. The van der Waals surface area contributed by atoms with Gasteiger partial charge in [-0.1, -0.05) is 91.0 Å². The van der Waals surface area contributed by atoms with Crippen molar-refractivity contribution in [2.45, 2.75) is 30.2 Å². The Balaban J connectivity index is 1.72. The second-order valence-corrected chi connectivity index (χ2v) is 10.0. The first-order valence-electron chi connectivity index (χ1n) is 11.3. The fraction of sp³-hybridized carbons (Fsp3) is 0.214. The summed E-state index contributed by atoms with van der Waals surface area (Å²) in [6.07, 6.45) is -0.419. The Morgan fingerprint density at radius 3 is 1.74 bits per heavy atom. The lowest BCUT2D eigenvalue weighted by atomic mass is 9.83. The summed E-state index contributed by atoms with van der Waals surface area (Å²) < 4.78 is -0.728. The van der Waals surface area contributed by atoms with E-state index in [0.717, 1.165) is 16.7 Å². The molecule has 2 aliphatic rings. The van der Waals surface area contributed by atoms with Gasteiger partial charge in [-0.3, -0.25) is 4.79 Å². The summed E-state index contributed by atoms with van der Waals surface area (Å²) in [7, 11) is 0. The van der Waals surface area contributed by atoms with Gasteiger partial charge >= 0.3 is 5.97 Å². The third kappa shape index (κ3) is 3.45. The molecule has 0 saturated carbocycles. The highest BCUT2D eigenvalue weighted by atomic mass is 32.2. The van der Waals surface area contributed by atoms with Crippen molar-refractivity contribution < 1.29 is 19.8 Å². The standard InChI is InChI=1S/C28H25NO4S/c1-18(30)24-22-17-23(25(27(32)33)29(22)26(24)31)34-28(19-11-5-2-6-12-19,20-13-7-3-8-14-20)21-15-9-4-10-16-21/h2-16,18,22,24,30H,17H2,1H3,(H,32,33)/t18-,22-,24-/m1/s1. The first kappa shape index (κ1) is 22.4. The molecule has 172 valence electrons. The SMILES string of the molecule is C[C@@H](O)[C@H]1C(=O)N2C(C(=O)O)=C(SC(c3ccccc3)(c3ccccc3)c3ccccc3)C[C@H]12. The molecule has 0 bridgehead atoms. The third-order valence-electron chi connectivity index (χ3n) is 6.71. The van der Waals surface area contributed by atoms with Gasteiger partial charge in [0.15, 0.2) is 0 Å². The van der Waals surface area contributed by atoms with Crippen LogP contribution in [0.25, 0.3) is 0 Å². The van der Waals surface area contributed by atoms with Gasteiger partial charge in [-0.2, -0.15) is 0 Å². The minimum atomic E-state index is -1.12. The average Bonchev–Trinajstić information content (AvgIpc) is 3.18. The fourth-order valence-electron chi connectivity index (χ4n) is 5.20. The first-order valence-corrected chi connectivity index (χ1v) is 12.1. The number of carbonyl (C=O) groups is 2. The number of carboxylic acids is 1. The normalized spacial score (nSPS) is 20.6. The summed E-state index contributed by atoms with van der Waals surface area (Å²) in [5, 5.41) is 20.3. The number of rotatable bonds is 7. The molecular formula is C28H25NO4S. The second-order valence-electron chi connectivity index (χ2n) is 8.70. The van der Waals surface area contributed by atoms with E-state index in [2.05, 4.69) is 36.4 Å². The fourth-order valence-corrected chi connectivity index (χ4v) is 6.87. The van der Waals surface area contributed by atoms with Gasteiger partial charge in [0.25, 0.3) is 0 Å². The summed E-state index contributed by atoms with van der Waals surface area (Å²) in [5.74, 6) is -2.02. The van der Waals surface area contributed by atoms with E-state index in [1.54, 1.807) is 6.92 Å². The van der Waals surface area contributed by atoms with Crippen molar-refractivity contribution in [1.82, 2.24) is 4.90 Å². The quantitative estimate of drug-likeness (QED) is 0.388. The lowest BCUT2D eigenvalue weighted by Crippen LogP contribution is -2.61. The predicted molar refractivity (Wildman–Crippen MR) is 132 cm³/mol. The summed E-state index contributed by atoms with van der Waals surface area (Å²) in [6.45, 7) is 1.59.